The molecule has 0 aromatic heterocycles. The molecule has 2 nitrogen and oxygen atoms in total. The minimum atomic E-state index is 0.231. The van der Waals surface area contributed by atoms with Crippen LogP contribution in [0.1, 0.15) is 13.8 Å². The fourth-order valence-corrected chi connectivity index (χ4v) is 0.518. The Morgan fingerprint density at radius 2 is 2.22 bits per heavy atom. The summed E-state index contributed by atoms with van der Waals surface area (Å²) in [6, 6.07) is 0.231. The molecule has 3 heteroatoms. The lowest BCUT2D eigenvalue weighted by Gasteiger charge is -2.14. The Morgan fingerprint density at radius 1 is 1.67 bits per heavy atom. The zero-order valence-corrected chi connectivity index (χ0v) is 6.32. The number of likely N-dealkylation sites (N-methyl/N-ethyl adjacent to an activating group) is 2. The zero-order chi connectivity index (χ0) is 7.28. The number of nitrogens with zero attached hydrogens (tertiary/aromatic N) is 1. The van der Waals surface area contributed by atoms with E-state index in [4.69, 9.17) is 0 Å². The Labute approximate surface area is 56.0 Å². The van der Waals surface area contributed by atoms with Gasteiger partial charge in [0.1, 0.15) is 0 Å². The maximum Gasteiger partial charge on any atom is 0.0441 e. The molecule has 0 spiro atoms. The third kappa shape index (κ3) is 4.36. The molecule has 1 atom stereocenters. The van der Waals surface area contributed by atoms with E-state index < -0.39 is 0 Å². The number of halogens is 1. The number of hydrogen-bond acceptors (Lipinski definition) is 2. The van der Waals surface area contributed by atoms with Crippen LogP contribution in [-0.2, 0) is 0 Å². The first kappa shape index (κ1) is 8.85. The van der Waals surface area contributed by atoms with Crippen LogP contribution < -0.4 is 5.32 Å². The first-order chi connectivity index (χ1) is 4.20. The molecule has 0 fully saturated rings. The molecule has 9 heavy (non-hydrogen) atoms. The van der Waals surface area contributed by atoms with Gasteiger partial charge in [0.25, 0.3) is 0 Å². The molecule has 0 saturated heterocycles. The Balaban J connectivity index is 3.22. The summed E-state index contributed by atoms with van der Waals surface area (Å²) in [4.78, 5) is 0. The first-order valence-corrected chi connectivity index (χ1v) is 3.28. The van der Waals surface area contributed by atoms with Crippen molar-refractivity contribution in [3.05, 3.63) is 0 Å². The number of nitrogens with one attached hydrogen (secondary N) is 1. The molecule has 0 aliphatic heterocycles. The topological polar surface area (TPSA) is 15.3 Å². The lowest BCUT2D eigenvalue weighted by molar-refractivity contribution is 0.0243. The van der Waals surface area contributed by atoms with Gasteiger partial charge in [-0.15, -0.1) is 9.60 Å². The van der Waals surface area contributed by atoms with Crippen molar-refractivity contribution >= 4 is 0 Å². The highest BCUT2D eigenvalue weighted by Crippen LogP contribution is 1.90. The molecule has 0 amide bonds. The highest BCUT2D eigenvalue weighted by atomic mass is 19.2. The third-order valence-electron chi connectivity index (χ3n) is 1.31. The molecule has 1 unspecified atom stereocenters. The summed E-state index contributed by atoms with van der Waals surface area (Å²) in [6.45, 7) is 4.67. The summed E-state index contributed by atoms with van der Waals surface area (Å²) >= 11 is 0. The second-order valence-electron chi connectivity index (χ2n) is 2.15. The van der Waals surface area contributed by atoms with Gasteiger partial charge in [0.15, 0.2) is 0 Å². The van der Waals surface area contributed by atoms with Crippen LogP contribution in [-0.4, -0.2) is 31.3 Å². The second kappa shape index (κ2) is 4.70. The van der Waals surface area contributed by atoms with E-state index in [2.05, 4.69) is 5.32 Å². The molecule has 0 bridgehead atoms. The molecule has 0 aliphatic rings. The molecule has 0 aromatic carbocycles. The van der Waals surface area contributed by atoms with E-state index in [1.165, 1.54) is 0 Å². The molecule has 0 aliphatic carbocycles. The molecule has 0 radical (unpaired) electrons. The predicted molar refractivity (Wildman–Crippen MR) is 36.9 cm³/mol. The highest BCUT2D eigenvalue weighted by Gasteiger charge is 2.03. The maximum atomic E-state index is 12.4. The predicted octanol–water partition coefficient (Wildman–Crippen LogP) is 0.801. The maximum absolute atomic E-state index is 12.4. The molecule has 0 aromatic rings. The lowest BCUT2D eigenvalue weighted by atomic mass is 10.3. The third-order valence-corrected chi connectivity index (χ3v) is 1.31. The quantitative estimate of drug-likeness (QED) is 0.572. The van der Waals surface area contributed by atoms with Gasteiger partial charge < -0.3 is 5.32 Å². The molecule has 56 valence electrons. The Morgan fingerprint density at radius 3 is 2.56 bits per heavy atom. The van der Waals surface area contributed by atoms with Crippen molar-refractivity contribution in [2.45, 2.75) is 19.9 Å². The monoisotopic (exact) mass is 134 g/mol. The van der Waals surface area contributed by atoms with E-state index in [1.807, 2.05) is 14.0 Å². The van der Waals surface area contributed by atoms with E-state index in [0.29, 0.717) is 13.1 Å². The van der Waals surface area contributed by atoms with Gasteiger partial charge in [0, 0.05) is 19.1 Å². The van der Waals surface area contributed by atoms with Crippen molar-refractivity contribution in [3.63, 3.8) is 0 Å². The minimum absolute atomic E-state index is 0.231. The van der Waals surface area contributed by atoms with Crippen molar-refractivity contribution < 1.29 is 4.48 Å². The van der Waals surface area contributed by atoms with Crippen LogP contribution in [0.25, 0.3) is 0 Å². The molecular formula is C6H15FN2. The molecule has 0 saturated carbocycles. The minimum Gasteiger partial charge on any atom is -0.316 e. The molecule has 1 N–H and O–H groups in total. The van der Waals surface area contributed by atoms with Crippen molar-refractivity contribution in [1.82, 2.24) is 10.4 Å². The van der Waals surface area contributed by atoms with Gasteiger partial charge in [0.05, 0.1) is 0 Å². The van der Waals surface area contributed by atoms with E-state index in [9.17, 15) is 4.48 Å². The molecule has 0 rings (SSSR count). The van der Waals surface area contributed by atoms with Crippen molar-refractivity contribution in [2.24, 2.45) is 0 Å². The summed E-state index contributed by atoms with van der Waals surface area (Å²) in [5, 5.41) is 3.74. The fourth-order valence-electron chi connectivity index (χ4n) is 0.518. The van der Waals surface area contributed by atoms with Crippen LogP contribution in [0.15, 0.2) is 0 Å². The van der Waals surface area contributed by atoms with Crippen LogP contribution in [0.5, 0.6) is 0 Å². The number of hydrogen-bond donors (Lipinski definition) is 1. The van der Waals surface area contributed by atoms with Crippen molar-refractivity contribution in [1.29, 1.82) is 0 Å². The smallest absolute Gasteiger partial charge is 0.0441 e. The average Bonchev–Trinajstić information content (AvgIpc) is 1.87. The lowest BCUT2D eigenvalue weighted by Crippen LogP contribution is -2.33. The zero-order valence-electron chi connectivity index (χ0n) is 6.32. The fraction of sp³-hybridized carbons (Fsp3) is 1.00. The SMILES string of the molecule is CCN(F)CC(C)NC. The number of rotatable bonds is 4. The van der Waals surface area contributed by atoms with E-state index in [0.717, 1.165) is 5.12 Å². The summed E-state index contributed by atoms with van der Waals surface area (Å²) in [5.74, 6) is 0. The van der Waals surface area contributed by atoms with Gasteiger partial charge in [0.2, 0.25) is 0 Å². The van der Waals surface area contributed by atoms with Crippen molar-refractivity contribution in [3.8, 4) is 0 Å². The van der Waals surface area contributed by atoms with Gasteiger partial charge in [-0.05, 0) is 20.9 Å². The molecule has 0 heterocycles. The van der Waals surface area contributed by atoms with Crippen LogP contribution in [0, 0.1) is 0 Å². The largest absolute Gasteiger partial charge is 0.316 e. The standard InChI is InChI=1S/C6H15FN2/c1-4-9(7)5-6(2)8-3/h6,8H,4-5H2,1-3H3. The van der Waals surface area contributed by atoms with Crippen LogP contribution in [0.3, 0.4) is 0 Å². The van der Waals surface area contributed by atoms with Crippen LogP contribution in [0.4, 0.5) is 4.48 Å². The summed E-state index contributed by atoms with van der Waals surface area (Å²) in [7, 11) is 1.83. The van der Waals surface area contributed by atoms with E-state index >= 15 is 0 Å². The van der Waals surface area contributed by atoms with Gasteiger partial charge in [-0.25, -0.2) is 0 Å². The Bertz CT molecular complexity index is 60.1. The summed E-state index contributed by atoms with van der Waals surface area (Å²) in [5.41, 5.74) is 0. The van der Waals surface area contributed by atoms with Crippen LogP contribution in [0.2, 0.25) is 0 Å². The second-order valence-corrected chi connectivity index (χ2v) is 2.15. The highest BCUT2D eigenvalue weighted by molar-refractivity contribution is 4.57. The van der Waals surface area contributed by atoms with Crippen LogP contribution >= 0.6 is 0 Å². The first-order valence-electron chi connectivity index (χ1n) is 3.28. The van der Waals surface area contributed by atoms with Gasteiger partial charge in [-0.1, -0.05) is 0 Å². The van der Waals surface area contributed by atoms with Gasteiger partial charge >= 0.3 is 0 Å². The Hall–Kier alpha value is -0.150. The molecular weight excluding hydrogens is 119 g/mol. The Kier molecular flexibility index (Phi) is 4.62. The van der Waals surface area contributed by atoms with Crippen molar-refractivity contribution in [2.75, 3.05) is 20.1 Å². The normalized spacial score (nSPS) is 14.3. The van der Waals surface area contributed by atoms with E-state index in [1.54, 1.807) is 6.92 Å². The van der Waals surface area contributed by atoms with Gasteiger partial charge in [-0.2, -0.15) is 0 Å². The average molecular weight is 134 g/mol. The summed E-state index contributed by atoms with van der Waals surface area (Å²) in [6.07, 6.45) is 0. The van der Waals surface area contributed by atoms with E-state index in [-0.39, 0.29) is 6.04 Å². The summed E-state index contributed by atoms with van der Waals surface area (Å²) < 4.78 is 12.4. The van der Waals surface area contributed by atoms with Gasteiger partial charge in [-0.3, -0.25) is 0 Å².